The Morgan fingerprint density at radius 1 is 1.22 bits per heavy atom. The molecule has 1 aliphatic rings. The van der Waals surface area contributed by atoms with Gasteiger partial charge in [-0.1, -0.05) is 24.3 Å². The highest BCUT2D eigenvalue weighted by Crippen LogP contribution is 2.66. The highest BCUT2D eigenvalue weighted by atomic mass is 31.2. The van der Waals surface area contributed by atoms with Crippen LogP contribution in [0, 0.1) is 6.92 Å². The summed E-state index contributed by atoms with van der Waals surface area (Å²) in [5, 5.41) is 0. The molecule has 0 bridgehead atoms. The maximum atomic E-state index is 12.5. The molecule has 5 heteroatoms. The normalized spacial score (nSPS) is 23.1. The molecule has 0 unspecified atom stereocenters. The van der Waals surface area contributed by atoms with E-state index in [1.54, 1.807) is 13.8 Å². The topological polar surface area (TPSA) is 48.1 Å². The fourth-order valence-corrected chi connectivity index (χ4v) is 3.88. The molecule has 0 amide bonds. The molecule has 0 radical (unpaired) electrons. The standard InChI is InChI=1S/C13H19O4P/c1-4-15-18(14,16-5-2)13-12(17-13)11-9-7-6-8-10(11)3/h6-9,12-13H,4-5H2,1-3H3/t12-,13-/m0/s1. The first kappa shape index (κ1) is 13.8. The van der Waals surface area contributed by atoms with Gasteiger partial charge in [0.05, 0.1) is 13.2 Å². The highest BCUT2D eigenvalue weighted by Gasteiger charge is 2.55. The summed E-state index contributed by atoms with van der Waals surface area (Å²) in [6.07, 6.45) is -0.171. The zero-order chi connectivity index (χ0) is 13.2. The zero-order valence-electron chi connectivity index (χ0n) is 11.0. The number of aryl methyl sites for hydroxylation is 1. The van der Waals surface area contributed by atoms with E-state index < -0.39 is 13.4 Å². The second kappa shape index (κ2) is 5.54. The highest BCUT2D eigenvalue weighted by molar-refractivity contribution is 7.54. The third-order valence-electron chi connectivity index (χ3n) is 2.89. The van der Waals surface area contributed by atoms with Crippen molar-refractivity contribution in [1.29, 1.82) is 0 Å². The van der Waals surface area contributed by atoms with E-state index >= 15 is 0 Å². The fraction of sp³-hybridized carbons (Fsp3) is 0.538. The van der Waals surface area contributed by atoms with E-state index in [-0.39, 0.29) is 6.10 Å². The van der Waals surface area contributed by atoms with Crippen molar-refractivity contribution in [3.8, 4) is 0 Å². The molecule has 1 fully saturated rings. The van der Waals surface area contributed by atoms with Crippen LogP contribution in [0.2, 0.25) is 0 Å². The summed E-state index contributed by atoms with van der Waals surface area (Å²) < 4.78 is 28.6. The van der Waals surface area contributed by atoms with E-state index in [1.165, 1.54) is 0 Å². The predicted octanol–water partition coefficient (Wildman–Crippen LogP) is 3.66. The Labute approximate surface area is 108 Å². The molecule has 0 aliphatic carbocycles. The van der Waals surface area contributed by atoms with Gasteiger partial charge in [-0.15, -0.1) is 0 Å². The molecular weight excluding hydrogens is 251 g/mol. The Kier molecular flexibility index (Phi) is 4.23. The first-order valence-corrected chi connectivity index (χ1v) is 7.83. The molecule has 4 nitrogen and oxygen atoms in total. The van der Waals surface area contributed by atoms with Crippen LogP contribution in [-0.4, -0.2) is 19.1 Å². The lowest BCUT2D eigenvalue weighted by Crippen LogP contribution is -2.02. The molecule has 100 valence electrons. The maximum Gasteiger partial charge on any atom is 0.362 e. The Bertz CT molecular complexity index is 450. The van der Waals surface area contributed by atoms with E-state index in [4.69, 9.17) is 13.8 Å². The summed E-state index contributed by atoms with van der Waals surface area (Å²) in [6.45, 7) is 6.34. The van der Waals surface area contributed by atoms with Gasteiger partial charge in [-0.2, -0.15) is 0 Å². The minimum absolute atomic E-state index is 0.171. The number of benzene rings is 1. The lowest BCUT2D eigenvalue weighted by Gasteiger charge is -2.14. The van der Waals surface area contributed by atoms with E-state index in [0.717, 1.165) is 11.1 Å². The molecule has 0 N–H and O–H groups in total. The lowest BCUT2D eigenvalue weighted by atomic mass is 10.1. The van der Waals surface area contributed by atoms with Crippen molar-refractivity contribution in [3.63, 3.8) is 0 Å². The Morgan fingerprint density at radius 3 is 2.39 bits per heavy atom. The van der Waals surface area contributed by atoms with Crippen molar-refractivity contribution in [2.24, 2.45) is 0 Å². The molecular formula is C13H19O4P. The van der Waals surface area contributed by atoms with E-state index in [2.05, 4.69) is 0 Å². The average Bonchev–Trinajstić information content (AvgIpc) is 3.11. The van der Waals surface area contributed by atoms with E-state index in [9.17, 15) is 4.57 Å². The van der Waals surface area contributed by atoms with Gasteiger partial charge in [0.15, 0.2) is 5.85 Å². The predicted molar refractivity (Wildman–Crippen MR) is 69.7 cm³/mol. The average molecular weight is 270 g/mol. The van der Waals surface area contributed by atoms with Gasteiger partial charge in [-0.05, 0) is 31.9 Å². The molecule has 0 saturated carbocycles. The summed E-state index contributed by atoms with van der Waals surface area (Å²) >= 11 is 0. The first-order chi connectivity index (χ1) is 8.62. The second-order valence-corrected chi connectivity index (χ2v) is 6.28. The van der Waals surface area contributed by atoms with Crippen molar-refractivity contribution in [2.45, 2.75) is 32.7 Å². The van der Waals surface area contributed by atoms with Crippen LogP contribution in [0.4, 0.5) is 0 Å². The van der Waals surface area contributed by atoms with Crippen molar-refractivity contribution in [2.75, 3.05) is 13.2 Å². The summed E-state index contributed by atoms with van der Waals surface area (Å²) in [5.74, 6) is -0.460. The molecule has 1 aliphatic heterocycles. The van der Waals surface area contributed by atoms with Gasteiger partial charge in [-0.25, -0.2) is 0 Å². The molecule has 1 aromatic rings. The minimum atomic E-state index is -3.14. The third kappa shape index (κ3) is 2.67. The first-order valence-electron chi connectivity index (χ1n) is 6.22. The minimum Gasteiger partial charge on any atom is -0.351 e. The van der Waals surface area contributed by atoms with E-state index in [0.29, 0.717) is 13.2 Å². The Hall–Kier alpha value is -0.670. The van der Waals surface area contributed by atoms with Gasteiger partial charge in [0.2, 0.25) is 0 Å². The van der Waals surface area contributed by atoms with Crippen LogP contribution in [-0.2, 0) is 18.3 Å². The molecule has 1 heterocycles. The zero-order valence-corrected chi connectivity index (χ0v) is 11.9. The van der Waals surface area contributed by atoms with Crippen LogP contribution in [0.1, 0.15) is 31.1 Å². The van der Waals surface area contributed by atoms with Crippen molar-refractivity contribution >= 4 is 7.60 Å². The number of hydrogen-bond donors (Lipinski definition) is 0. The van der Waals surface area contributed by atoms with Crippen LogP contribution in [0.5, 0.6) is 0 Å². The molecule has 18 heavy (non-hydrogen) atoms. The summed E-state index contributed by atoms with van der Waals surface area (Å²) in [5.41, 5.74) is 2.19. The fourth-order valence-electron chi connectivity index (χ4n) is 2.02. The largest absolute Gasteiger partial charge is 0.362 e. The summed E-state index contributed by atoms with van der Waals surface area (Å²) in [6, 6.07) is 7.93. The molecule has 1 saturated heterocycles. The summed E-state index contributed by atoms with van der Waals surface area (Å²) in [7, 11) is -3.14. The number of rotatable bonds is 6. The van der Waals surface area contributed by atoms with Gasteiger partial charge in [0.1, 0.15) is 6.10 Å². The quantitative estimate of drug-likeness (QED) is 0.584. The lowest BCUT2D eigenvalue weighted by molar-refractivity contribution is 0.208. The molecule has 0 spiro atoms. The molecule has 2 rings (SSSR count). The van der Waals surface area contributed by atoms with Crippen LogP contribution in [0.15, 0.2) is 24.3 Å². The second-order valence-electron chi connectivity index (χ2n) is 4.18. The van der Waals surface area contributed by atoms with Crippen molar-refractivity contribution < 1.29 is 18.3 Å². The summed E-state index contributed by atoms with van der Waals surface area (Å²) in [4.78, 5) is 0. The van der Waals surface area contributed by atoms with E-state index in [1.807, 2.05) is 31.2 Å². The van der Waals surface area contributed by atoms with Crippen molar-refractivity contribution in [3.05, 3.63) is 35.4 Å². The van der Waals surface area contributed by atoms with Crippen molar-refractivity contribution in [1.82, 2.24) is 0 Å². The van der Waals surface area contributed by atoms with Gasteiger partial charge >= 0.3 is 7.60 Å². The number of epoxide rings is 1. The third-order valence-corrected chi connectivity index (χ3v) is 5.15. The van der Waals surface area contributed by atoms with Crippen LogP contribution in [0.3, 0.4) is 0 Å². The Morgan fingerprint density at radius 2 is 1.83 bits per heavy atom. The van der Waals surface area contributed by atoms with Crippen LogP contribution < -0.4 is 0 Å². The van der Waals surface area contributed by atoms with Crippen LogP contribution >= 0.6 is 7.60 Å². The molecule has 2 atom stereocenters. The monoisotopic (exact) mass is 270 g/mol. The molecule has 0 aromatic heterocycles. The molecule has 1 aromatic carbocycles. The number of ether oxygens (including phenoxy) is 1. The SMILES string of the molecule is CCOP(=O)(OCC)[C@@H]1O[C@H]1c1ccccc1C. The smallest absolute Gasteiger partial charge is 0.351 e. The van der Waals surface area contributed by atoms with Gasteiger partial charge in [0, 0.05) is 0 Å². The number of hydrogen-bond acceptors (Lipinski definition) is 4. The Balaban J connectivity index is 2.14. The van der Waals surface area contributed by atoms with Gasteiger partial charge in [0.25, 0.3) is 0 Å². The van der Waals surface area contributed by atoms with Gasteiger partial charge < -0.3 is 13.8 Å². The van der Waals surface area contributed by atoms with Gasteiger partial charge in [-0.3, -0.25) is 4.57 Å². The van der Waals surface area contributed by atoms with Crippen LogP contribution in [0.25, 0.3) is 0 Å². The maximum absolute atomic E-state index is 12.5.